The van der Waals surface area contributed by atoms with Crippen molar-refractivity contribution in [1.29, 1.82) is 0 Å². The zero-order valence-corrected chi connectivity index (χ0v) is 21.2. The Morgan fingerprint density at radius 2 is 1.86 bits per heavy atom. The third-order valence-corrected chi connectivity index (χ3v) is 8.36. The topological polar surface area (TPSA) is 170 Å². The van der Waals surface area contributed by atoms with Crippen LogP contribution in [-0.2, 0) is 22.6 Å². The Bertz CT molecular complexity index is 1250. The maximum Gasteiger partial charge on any atom is 0.255 e. The Hall–Kier alpha value is -3.17. The van der Waals surface area contributed by atoms with Gasteiger partial charge in [0.05, 0.1) is 5.56 Å². The number of primary amides is 1. The van der Waals surface area contributed by atoms with Crippen molar-refractivity contribution in [3.8, 4) is 5.75 Å². The van der Waals surface area contributed by atoms with Gasteiger partial charge in [0.25, 0.3) is 5.91 Å². The molecule has 4 atom stereocenters. The van der Waals surface area contributed by atoms with Gasteiger partial charge in [-0.1, -0.05) is 20.8 Å². The van der Waals surface area contributed by atoms with Gasteiger partial charge in [0.15, 0.2) is 11.4 Å². The SMILES string of the molecule is Cc1c(CNC(C)C(C)(C)C)cc(O)c2c1CC1C[C@H]3CC(O)=C(C(N)=O)C(=O)[C@@]3(O)C(O)=C1C2=O. The van der Waals surface area contributed by atoms with E-state index in [4.69, 9.17) is 5.73 Å². The van der Waals surface area contributed by atoms with Crippen LogP contribution in [-0.4, -0.2) is 49.5 Å². The minimum atomic E-state index is -2.55. The average Bonchev–Trinajstić information content (AvgIpc) is 2.76. The van der Waals surface area contributed by atoms with Crippen molar-refractivity contribution in [2.45, 2.75) is 72.1 Å². The molecular formula is C27H34N2O7. The second-order valence-electron chi connectivity index (χ2n) is 11.4. The number of nitrogens with one attached hydrogen (secondary N) is 1. The van der Waals surface area contributed by atoms with Gasteiger partial charge in [-0.15, -0.1) is 0 Å². The molecule has 9 nitrogen and oxygen atoms in total. The molecule has 0 spiro atoms. The van der Waals surface area contributed by atoms with Crippen LogP contribution in [0.5, 0.6) is 5.75 Å². The van der Waals surface area contributed by atoms with Crippen LogP contribution in [0.15, 0.2) is 28.7 Å². The number of benzene rings is 1. The number of carbonyl (C=O) groups is 3. The zero-order chi connectivity index (χ0) is 26.9. The number of aliphatic hydroxyl groups excluding tert-OH is 2. The van der Waals surface area contributed by atoms with Crippen LogP contribution in [0.2, 0.25) is 0 Å². The smallest absolute Gasteiger partial charge is 0.255 e. The summed E-state index contributed by atoms with van der Waals surface area (Å²) < 4.78 is 0. The number of hydrogen-bond donors (Lipinski definition) is 6. The second-order valence-corrected chi connectivity index (χ2v) is 11.4. The van der Waals surface area contributed by atoms with Crippen LogP contribution in [0.4, 0.5) is 0 Å². The van der Waals surface area contributed by atoms with Crippen molar-refractivity contribution in [3.63, 3.8) is 0 Å². The van der Waals surface area contributed by atoms with Crippen molar-refractivity contribution < 1.29 is 34.8 Å². The molecule has 1 aromatic rings. The van der Waals surface area contributed by atoms with Gasteiger partial charge < -0.3 is 31.5 Å². The Morgan fingerprint density at radius 1 is 1.22 bits per heavy atom. The minimum Gasteiger partial charge on any atom is -0.511 e. The Morgan fingerprint density at radius 3 is 2.44 bits per heavy atom. The zero-order valence-electron chi connectivity index (χ0n) is 21.2. The van der Waals surface area contributed by atoms with E-state index in [1.165, 1.54) is 6.07 Å². The number of aliphatic hydroxyl groups is 3. The van der Waals surface area contributed by atoms with E-state index in [0.29, 0.717) is 18.5 Å². The molecule has 3 aliphatic carbocycles. The van der Waals surface area contributed by atoms with Crippen molar-refractivity contribution in [2.24, 2.45) is 23.0 Å². The first-order valence-corrected chi connectivity index (χ1v) is 12.2. The van der Waals surface area contributed by atoms with E-state index in [0.717, 1.165) is 11.1 Å². The van der Waals surface area contributed by atoms with E-state index in [1.54, 1.807) is 0 Å². The number of nitrogens with two attached hydrogens (primary N) is 1. The molecule has 9 heteroatoms. The highest BCUT2D eigenvalue weighted by molar-refractivity contribution is 6.24. The molecule has 0 saturated heterocycles. The molecule has 36 heavy (non-hydrogen) atoms. The molecule has 1 aromatic carbocycles. The largest absolute Gasteiger partial charge is 0.511 e. The number of aromatic hydroxyl groups is 1. The summed E-state index contributed by atoms with van der Waals surface area (Å²) >= 11 is 0. The number of allylic oxidation sites excluding steroid dienone is 2. The standard InChI is InChI=1S/C27H34N2O7/c1-11-14(10-29-12(2)26(3,4)5)8-17(30)20-16(11)7-13-6-15-9-18(31)21(25(28)35)24(34)27(15,36)23(33)19(13)22(20)32/h8,12-13,15,29-31,33,36H,6-7,9-10H2,1-5H3,(H2,28,35)/t12?,13?,15-,27-/m0/s1. The quantitative estimate of drug-likeness (QED) is 0.344. The molecule has 194 valence electrons. The first kappa shape index (κ1) is 25.9. The number of phenolic OH excluding ortho intramolecular Hbond substituents is 1. The number of Topliss-reactive ketones (excluding diaryl/α,β-unsaturated/α-hetero) is 2. The van der Waals surface area contributed by atoms with Gasteiger partial charge in [0, 0.05) is 30.5 Å². The monoisotopic (exact) mass is 498 g/mol. The number of rotatable bonds is 4. The number of fused-ring (bicyclic) bond motifs is 3. The van der Waals surface area contributed by atoms with Crippen LogP contribution in [0, 0.1) is 24.2 Å². The molecule has 0 radical (unpaired) electrons. The lowest BCUT2D eigenvalue weighted by atomic mass is 9.60. The highest BCUT2D eigenvalue weighted by Gasteiger charge is 2.59. The van der Waals surface area contributed by atoms with Crippen LogP contribution in [0.25, 0.3) is 0 Å². The minimum absolute atomic E-state index is 0.0298. The first-order valence-electron chi connectivity index (χ1n) is 12.2. The number of phenols is 1. The summed E-state index contributed by atoms with van der Waals surface area (Å²) in [5.74, 6) is -6.20. The summed E-state index contributed by atoms with van der Waals surface area (Å²) in [7, 11) is 0. The van der Waals surface area contributed by atoms with Crippen molar-refractivity contribution in [3.05, 3.63) is 51.0 Å². The van der Waals surface area contributed by atoms with Crippen LogP contribution < -0.4 is 11.1 Å². The van der Waals surface area contributed by atoms with E-state index >= 15 is 0 Å². The summed E-state index contributed by atoms with van der Waals surface area (Å²) in [6.07, 6.45) is 0.178. The molecule has 7 N–H and O–H groups in total. The fraction of sp³-hybridized carbons (Fsp3) is 0.519. The van der Waals surface area contributed by atoms with Crippen LogP contribution in [0.1, 0.15) is 67.6 Å². The Labute approximate surface area is 209 Å². The number of amides is 1. The van der Waals surface area contributed by atoms with Crippen LogP contribution in [0.3, 0.4) is 0 Å². The molecule has 0 heterocycles. The van der Waals surface area contributed by atoms with Crippen molar-refractivity contribution >= 4 is 17.5 Å². The third-order valence-electron chi connectivity index (χ3n) is 8.36. The molecule has 0 bridgehead atoms. The molecule has 2 unspecified atom stereocenters. The fourth-order valence-corrected chi connectivity index (χ4v) is 5.66. The van der Waals surface area contributed by atoms with Crippen molar-refractivity contribution in [1.82, 2.24) is 5.32 Å². The summed E-state index contributed by atoms with van der Waals surface area (Å²) in [5, 5.41) is 47.0. The van der Waals surface area contributed by atoms with E-state index in [-0.39, 0.29) is 41.2 Å². The second kappa shape index (κ2) is 8.45. The summed E-state index contributed by atoms with van der Waals surface area (Å²) in [4.78, 5) is 38.3. The van der Waals surface area contributed by atoms with E-state index in [1.807, 2.05) is 6.92 Å². The molecule has 0 saturated carbocycles. The van der Waals surface area contributed by atoms with Gasteiger partial charge in [0.2, 0.25) is 5.78 Å². The highest BCUT2D eigenvalue weighted by Crippen LogP contribution is 2.51. The summed E-state index contributed by atoms with van der Waals surface area (Å²) in [5.41, 5.74) is 4.17. The lowest BCUT2D eigenvalue weighted by Crippen LogP contribution is -2.57. The predicted molar refractivity (Wildman–Crippen MR) is 131 cm³/mol. The maximum atomic E-state index is 13.6. The Balaban J connectivity index is 1.77. The van der Waals surface area contributed by atoms with Crippen molar-refractivity contribution in [2.75, 3.05) is 0 Å². The van der Waals surface area contributed by atoms with E-state index < -0.39 is 52.0 Å². The molecule has 4 rings (SSSR count). The Kier molecular flexibility index (Phi) is 6.08. The van der Waals surface area contributed by atoms with Crippen LogP contribution >= 0.6 is 0 Å². The van der Waals surface area contributed by atoms with E-state index in [2.05, 4.69) is 33.0 Å². The summed E-state index contributed by atoms with van der Waals surface area (Å²) in [6.45, 7) is 10.8. The maximum absolute atomic E-state index is 13.6. The molecular weight excluding hydrogens is 464 g/mol. The predicted octanol–water partition coefficient (Wildman–Crippen LogP) is 2.41. The average molecular weight is 499 g/mol. The van der Waals surface area contributed by atoms with Gasteiger partial charge in [-0.25, -0.2) is 0 Å². The molecule has 1 amide bonds. The van der Waals surface area contributed by atoms with Gasteiger partial charge in [0.1, 0.15) is 22.8 Å². The third kappa shape index (κ3) is 3.72. The highest BCUT2D eigenvalue weighted by atomic mass is 16.3. The molecule has 0 aromatic heterocycles. The summed E-state index contributed by atoms with van der Waals surface area (Å²) in [6, 6.07) is 1.72. The lowest BCUT2D eigenvalue weighted by Gasteiger charge is -2.45. The van der Waals surface area contributed by atoms with Gasteiger partial charge in [-0.3, -0.25) is 14.4 Å². The fourth-order valence-electron chi connectivity index (χ4n) is 5.66. The number of ketones is 2. The van der Waals surface area contributed by atoms with Gasteiger partial charge >= 0.3 is 0 Å². The normalized spacial score (nSPS) is 26.9. The molecule has 3 aliphatic rings. The number of carbonyl (C=O) groups excluding carboxylic acids is 3. The number of hydrogen-bond acceptors (Lipinski definition) is 8. The lowest BCUT2D eigenvalue weighted by molar-refractivity contribution is -0.144. The molecule has 0 aliphatic heterocycles. The van der Waals surface area contributed by atoms with Gasteiger partial charge in [-0.05, 0) is 60.8 Å². The first-order chi connectivity index (χ1) is 16.6. The van der Waals surface area contributed by atoms with E-state index in [9.17, 15) is 34.8 Å². The molecule has 0 fully saturated rings. The van der Waals surface area contributed by atoms with Gasteiger partial charge in [-0.2, -0.15) is 0 Å².